The van der Waals surface area contributed by atoms with Gasteiger partial charge in [-0.3, -0.25) is 9.69 Å². The summed E-state index contributed by atoms with van der Waals surface area (Å²) in [5, 5.41) is 9.43. The largest absolute Gasteiger partial charge is 0.480 e. The zero-order valence-electron chi connectivity index (χ0n) is 12.1. The van der Waals surface area contributed by atoms with Crippen molar-refractivity contribution in [2.45, 2.75) is 45.8 Å². The third kappa shape index (κ3) is 4.52. The van der Waals surface area contributed by atoms with E-state index in [9.17, 15) is 9.90 Å². The van der Waals surface area contributed by atoms with Crippen LogP contribution < -0.4 is 0 Å². The highest BCUT2D eigenvalue weighted by Gasteiger charge is 2.27. The lowest BCUT2D eigenvalue weighted by Crippen LogP contribution is -2.48. The molecule has 0 aliphatic heterocycles. The van der Waals surface area contributed by atoms with Gasteiger partial charge >= 0.3 is 5.97 Å². The van der Waals surface area contributed by atoms with Gasteiger partial charge in [0.15, 0.2) is 0 Å². The summed E-state index contributed by atoms with van der Waals surface area (Å²) in [6, 6.07) is 9.52. The van der Waals surface area contributed by atoms with Crippen LogP contribution in [0, 0.1) is 0 Å². The maximum Gasteiger partial charge on any atom is 0.324 e. The van der Waals surface area contributed by atoms with Crippen LogP contribution in [0.3, 0.4) is 0 Å². The van der Waals surface area contributed by atoms with E-state index in [1.807, 2.05) is 69.0 Å². The number of carbonyl (C=O) groups is 1. The monoisotopic (exact) mass is 261 g/mol. The van der Waals surface area contributed by atoms with Crippen LogP contribution in [0.15, 0.2) is 36.4 Å². The minimum Gasteiger partial charge on any atom is -0.480 e. The first kappa shape index (κ1) is 15.4. The van der Waals surface area contributed by atoms with Crippen molar-refractivity contribution in [1.29, 1.82) is 0 Å². The van der Waals surface area contributed by atoms with E-state index in [-0.39, 0.29) is 12.1 Å². The van der Waals surface area contributed by atoms with Gasteiger partial charge in [-0.2, -0.15) is 0 Å². The normalized spacial score (nSPS) is 13.6. The van der Waals surface area contributed by atoms with E-state index in [1.165, 1.54) is 0 Å². The van der Waals surface area contributed by atoms with Crippen molar-refractivity contribution < 1.29 is 9.90 Å². The molecule has 0 bridgehead atoms. The second-order valence-electron chi connectivity index (χ2n) is 5.19. The van der Waals surface area contributed by atoms with Crippen LogP contribution in [0.25, 0.3) is 6.08 Å². The number of hydrogen-bond donors (Lipinski definition) is 1. The first-order valence-electron chi connectivity index (χ1n) is 6.67. The number of nitrogens with zero attached hydrogens (tertiary/aromatic N) is 1. The molecule has 0 radical (unpaired) electrons. The third-order valence-corrected chi connectivity index (χ3v) is 3.04. The summed E-state index contributed by atoms with van der Waals surface area (Å²) < 4.78 is 0. The second kappa shape index (κ2) is 7.10. The molecule has 0 aliphatic rings. The molecule has 0 fully saturated rings. The van der Waals surface area contributed by atoms with Gasteiger partial charge in [0, 0.05) is 12.1 Å². The lowest BCUT2D eigenvalue weighted by molar-refractivity contribution is -0.142. The van der Waals surface area contributed by atoms with Crippen molar-refractivity contribution in [2.24, 2.45) is 0 Å². The number of rotatable bonds is 6. The standard InChI is InChI=1S/C16H23NO2/c1-12(2)17(13(3)4)15(16(18)19)11-10-14-8-6-5-7-9-14/h5-13,15H,1-4H3,(H,18,19)/b11-10+. The van der Waals surface area contributed by atoms with Crippen LogP contribution >= 0.6 is 0 Å². The fourth-order valence-corrected chi connectivity index (χ4v) is 2.31. The smallest absolute Gasteiger partial charge is 0.324 e. The summed E-state index contributed by atoms with van der Waals surface area (Å²) in [6.45, 7) is 8.08. The fraction of sp³-hybridized carbons (Fsp3) is 0.438. The molecule has 0 saturated heterocycles. The van der Waals surface area contributed by atoms with E-state index >= 15 is 0 Å². The molecule has 104 valence electrons. The zero-order chi connectivity index (χ0) is 14.4. The van der Waals surface area contributed by atoms with Gasteiger partial charge in [0.2, 0.25) is 0 Å². The summed E-state index contributed by atoms with van der Waals surface area (Å²) in [6.07, 6.45) is 3.63. The molecule has 1 unspecified atom stereocenters. The predicted octanol–water partition coefficient (Wildman–Crippen LogP) is 3.27. The number of carboxylic acids is 1. The molecule has 19 heavy (non-hydrogen) atoms. The molecule has 1 aromatic carbocycles. The Bertz CT molecular complexity index is 416. The van der Waals surface area contributed by atoms with Crippen molar-refractivity contribution >= 4 is 12.0 Å². The third-order valence-electron chi connectivity index (χ3n) is 3.04. The van der Waals surface area contributed by atoms with Crippen molar-refractivity contribution in [1.82, 2.24) is 4.90 Å². The summed E-state index contributed by atoms with van der Waals surface area (Å²) >= 11 is 0. The van der Waals surface area contributed by atoms with E-state index in [0.29, 0.717) is 0 Å². The predicted molar refractivity (Wildman–Crippen MR) is 79.0 cm³/mol. The average Bonchev–Trinajstić information content (AvgIpc) is 2.34. The minimum absolute atomic E-state index is 0.182. The van der Waals surface area contributed by atoms with Crippen molar-refractivity contribution in [3.8, 4) is 0 Å². The highest BCUT2D eigenvalue weighted by molar-refractivity contribution is 5.77. The van der Waals surface area contributed by atoms with Gasteiger partial charge in [0.05, 0.1) is 0 Å². The molecule has 0 spiro atoms. The van der Waals surface area contributed by atoms with Gasteiger partial charge in [-0.1, -0.05) is 42.5 Å². The lowest BCUT2D eigenvalue weighted by Gasteiger charge is -2.34. The molecule has 1 rings (SSSR count). The molecule has 0 aromatic heterocycles. The Hall–Kier alpha value is -1.61. The first-order chi connectivity index (χ1) is 8.93. The van der Waals surface area contributed by atoms with E-state index in [1.54, 1.807) is 6.08 Å². The Morgan fingerprint density at radius 3 is 2.05 bits per heavy atom. The average molecular weight is 261 g/mol. The Balaban J connectivity index is 2.95. The Labute approximate surface area is 115 Å². The molecule has 3 nitrogen and oxygen atoms in total. The van der Waals surface area contributed by atoms with E-state index < -0.39 is 12.0 Å². The van der Waals surface area contributed by atoms with Gasteiger partial charge in [-0.25, -0.2) is 0 Å². The minimum atomic E-state index is -0.811. The Kier molecular flexibility index (Phi) is 5.77. The van der Waals surface area contributed by atoms with Gasteiger partial charge in [0.25, 0.3) is 0 Å². The molecule has 0 saturated carbocycles. The molecule has 1 aromatic rings. The van der Waals surface area contributed by atoms with E-state index in [2.05, 4.69) is 0 Å². The molecular weight excluding hydrogens is 238 g/mol. The zero-order valence-corrected chi connectivity index (χ0v) is 12.1. The number of hydrogen-bond acceptors (Lipinski definition) is 2. The summed E-state index contributed by atoms with van der Waals surface area (Å²) in [5.74, 6) is -0.811. The second-order valence-corrected chi connectivity index (χ2v) is 5.19. The van der Waals surface area contributed by atoms with Crippen LogP contribution in [-0.4, -0.2) is 34.1 Å². The van der Waals surface area contributed by atoms with Gasteiger partial charge in [-0.05, 0) is 33.3 Å². The molecule has 0 heterocycles. The van der Waals surface area contributed by atoms with E-state index in [4.69, 9.17) is 0 Å². The van der Waals surface area contributed by atoms with Crippen molar-refractivity contribution in [3.63, 3.8) is 0 Å². The number of aliphatic carboxylic acids is 1. The lowest BCUT2D eigenvalue weighted by atomic mass is 10.1. The number of benzene rings is 1. The summed E-state index contributed by atoms with van der Waals surface area (Å²) in [4.78, 5) is 13.5. The van der Waals surface area contributed by atoms with Gasteiger partial charge in [0.1, 0.15) is 6.04 Å². The fourth-order valence-electron chi connectivity index (χ4n) is 2.31. The highest BCUT2D eigenvalue weighted by Crippen LogP contribution is 2.14. The van der Waals surface area contributed by atoms with Crippen molar-refractivity contribution in [3.05, 3.63) is 42.0 Å². The maximum absolute atomic E-state index is 11.5. The van der Waals surface area contributed by atoms with Crippen molar-refractivity contribution in [2.75, 3.05) is 0 Å². The van der Waals surface area contributed by atoms with E-state index in [0.717, 1.165) is 5.56 Å². The van der Waals surface area contributed by atoms with Gasteiger partial charge < -0.3 is 5.11 Å². The van der Waals surface area contributed by atoms with Gasteiger partial charge in [-0.15, -0.1) is 0 Å². The molecule has 1 N–H and O–H groups in total. The summed E-state index contributed by atoms with van der Waals surface area (Å²) in [7, 11) is 0. The molecular formula is C16H23NO2. The SMILES string of the molecule is CC(C)N(C(C)C)C(/C=C/c1ccccc1)C(=O)O. The topological polar surface area (TPSA) is 40.5 Å². The first-order valence-corrected chi connectivity index (χ1v) is 6.67. The molecule has 0 amide bonds. The van der Waals surface area contributed by atoms with Crippen LogP contribution in [0.2, 0.25) is 0 Å². The van der Waals surface area contributed by atoms with Crippen LogP contribution in [0.5, 0.6) is 0 Å². The Morgan fingerprint density at radius 1 is 1.11 bits per heavy atom. The quantitative estimate of drug-likeness (QED) is 0.854. The Morgan fingerprint density at radius 2 is 1.63 bits per heavy atom. The number of carboxylic acid groups (broad SMARTS) is 1. The van der Waals surface area contributed by atoms with Crippen LogP contribution in [0.1, 0.15) is 33.3 Å². The molecule has 1 atom stereocenters. The summed E-state index contributed by atoms with van der Waals surface area (Å²) in [5.41, 5.74) is 1.02. The molecule has 0 aliphatic carbocycles. The van der Waals surface area contributed by atoms with Crippen LogP contribution in [0.4, 0.5) is 0 Å². The highest BCUT2D eigenvalue weighted by atomic mass is 16.4. The molecule has 3 heteroatoms. The maximum atomic E-state index is 11.5. The van der Waals surface area contributed by atoms with Crippen LogP contribution in [-0.2, 0) is 4.79 Å².